The van der Waals surface area contributed by atoms with Crippen molar-refractivity contribution in [3.05, 3.63) is 0 Å². The normalized spacial score (nSPS) is 25.8. The van der Waals surface area contributed by atoms with E-state index in [-0.39, 0.29) is 10.7 Å². The summed E-state index contributed by atoms with van der Waals surface area (Å²) in [6, 6.07) is 0. The molecule has 0 aromatic heterocycles. The third-order valence-corrected chi connectivity index (χ3v) is 4.43. The molecule has 1 saturated heterocycles. The van der Waals surface area contributed by atoms with E-state index in [1.165, 1.54) is 0 Å². The molecule has 0 aromatic carbocycles. The van der Waals surface area contributed by atoms with Crippen LogP contribution in [-0.2, 0) is 4.79 Å². The number of carbonyl (C=O) groups is 1. The van der Waals surface area contributed by atoms with Gasteiger partial charge >= 0.3 is 0 Å². The van der Waals surface area contributed by atoms with Crippen LogP contribution in [0.4, 0.5) is 0 Å². The number of likely N-dealkylation sites (N-methyl/N-ethyl adjacent to an activating group) is 1. The Morgan fingerprint density at radius 1 is 1.56 bits per heavy atom. The Bertz CT molecular complexity index is 254. The summed E-state index contributed by atoms with van der Waals surface area (Å²) in [7, 11) is 0. The zero-order valence-corrected chi connectivity index (χ0v) is 11.6. The molecule has 1 rings (SSSR count). The molecule has 16 heavy (non-hydrogen) atoms. The van der Waals surface area contributed by atoms with E-state index in [0.717, 1.165) is 18.6 Å². The number of aliphatic hydroxyl groups is 1. The minimum absolute atomic E-state index is 0.180. The highest BCUT2D eigenvalue weighted by molar-refractivity contribution is 8.01. The SMILES string of the molecule is CCN(CC(C)(C)O)C(=O)C1(C)CCCS1. The Morgan fingerprint density at radius 2 is 2.19 bits per heavy atom. The summed E-state index contributed by atoms with van der Waals surface area (Å²) < 4.78 is -0.263. The maximum Gasteiger partial charge on any atom is 0.238 e. The summed E-state index contributed by atoms with van der Waals surface area (Å²) in [6.07, 6.45) is 2.08. The van der Waals surface area contributed by atoms with Crippen LogP contribution in [0.25, 0.3) is 0 Å². The highest BCUT2D eigenvalue weighted by Crippen LogP contribution is 2.39. The molecule has 0 bridgehead atoms. The van der Waals surface area contributed by atoms with Crippen LogP contribution in [-0.4, -0.2) is 45.1 Å². The molecule has 0 aliphatic carbocycles. The molecule has 0 saturated carbocycles. The Hall–Kier alpha value is -0.220. The molecule has 1 N–H and O–H groups in total. The molecule has 94 valence electrons. The van der Waals surface area contributed by atoms with E-state index in [0.29, 0.717) is 13.1 Å². The van der Waals surface area contributed by atoms with Crippen molar-refractivity contribution in [3.63, 3.8) is 0 Å². The Balaban J connectivity index is 2.69. The van der Waals surface area contributed by atoms with Gasteiger partial charge in [-0.05, 0) is 46.3 Å². The first-order chi connectivity index (χ1) is 7.28. The van der Waals surface area contributed by atoms with Crippen molar-refractivity contribution in [2.45, 2.75) is 50.9 Å². The largest absolute Gasteiger partial charge is 0.389 e. The highest BCUT2D eigenvalue weighted by atomic mass is 32.2. The monoisotopic (exact) mass is 245 g/mol. The van der Waals surface area contributed by atoms with E-state index in [1.807, 2.05) is 13.8 Å². The maximum absolute atomic E-state index is 12.4. The third-order valence-electron chi connectivity index (χ3n) is 2.92. The van der Waals surface area contributed by atoms with Gasteiger partial charge in [-0.2, -0.15) is 0 Å². The first-order valence-electron chi connectivity index (χ1n) is 5.94. The van der Waals surface area contributed by atoms with Gasteiger partial charge in [-0.1, -0.05) is 0 Å². The predicted octanol–water partition coefficient (Wildman–Crippen LogP) is 1.89. The number of hydrogen-bond donors (Lipinski definition) is 1. The standard InChI is InChI=1S/C12H23NO2S/c1-5-13(9-11(2,3)15)10(14)12(4)7-6-8-16-12/h15H,5-9H2,1-4H3. The van der Waals surface area contributed by atoms with E-state index in [4.69, 9.17) is 0 Å². The van der Waals surface area contributed by atoms with Crippen molar-refractivity contribution >= 4 is 17.7 Å². The van der Waals surface area contributed by atoms with Gasteiger partial charge in [0.05, 0.1) is 10.3 Å². The number of thioether (sulfide) groups is 1. The lowest BCUT2D eigenvalue weighted by Crippen LogP contribution is -2.49. The van der Waals surface area contributed by atoms with Crippen molar-refractivity contribution < 1.29 is 9.90 Å². The van der Waals surface area contributed by atoms with Crippen molar-refractivity contribution in [2.75, 3.05) is 18.8 Å². The van der Waals surface area contributed by atoms with Crippen LogP contribution >= 0.6 is 11.8 Å². The van der Waals surface area contributed by atoms with Gasteiger partial charge in [-0.15, -0.1) is 11.8 Å². The van der Waals surface area contributed by atoms with E-state index in [2.05, 4.69) is 0 Å². The predicted molar refractivity (Wildman–Crippen MR) is 68.6 cm³/mol. The number of rotatable bonds is 4. The van der Waals surface area contributed by atoms with E-state index < -0.39 is 5.60 Å². The van der Waals surface area contributed by atoms with Crippen LogP contribution in [0, 0.1) is 0 Å². The second-order valence-electron chi connectivity index (χ2n) is 5.31. The molecule has 1 amide bonds. The molecular formula is C12H23NO2S. The van der Waals surface area contributed by atoms with E-state index in [1.54, 1.807) is 30.5 Å². The fourth-order valence-electron chi connectivity index (χ4n) is 2.08. The molecule has 1 aliphatic heterocycles. The lowest BCUT2D eigenvalue weighted by Gasteiger charge is -2.34. The van der Waals surface area contributed by atoms with E-state index >= 15 is 0 Å². The molecule has 0 spiro atoms. The van der Waals surface area contributed by atoms with E-state index in [9.17, 15) is 9.90 Å². The van der Waals surface area contributed by atoms with Gasteiger partial charge in [0, 0.05) is 13.1 Å². The van der Waals surface area contributed by atoms with Crippen LogP contribution in [0.1, 0.15) is 40.5 Å². The number of carbonyl (C=O) groups excluding carboxylic acids is 1. The number of hydrogen-bond acceptors (Lipinski definition) is 3. The molecule has 0 radical (unpaired) electrons. The van der Waals surface area contributed by atoms with Gasteiger partial charge in [0.15, 0.2) is 0 Å². The first-order valence-corrected chi connectivity index (χ1v) is 6.93. The van der Waals surface area contributed by atoms with Crippen LogP contribution in [0.15, 0.2) is 0 Å². The van der Waals surface area contributed by atoms with Crippen molar-refractivity contribution in [2.24, 2.45) is 0 Å². The summed E-state index contributed by atoms with van der Waals surface area (Å²) >= 11 is 1.75. The second-order valence-corrected chi connectivity index (χ2v) is 6.91. The average molecular weight is 245 g/mol. The fraction of sp³-hybridized carbons (Fsp3) is 0.917. The molecule has 3 nitrogen and oxygen atoms in total. The van der Waals surface area contributed by atoms with Gasteiger partial charge < -0.3 is 10.0 Å². The minimum Gasteiger partial charge on any atom is -0.389 e. The summed E-state index contributed by atoms with van der Waals surface area (Å²) in [5.41, 5.74) is -0.814. The summed E-state index contributed by atoms with van der Waals surface area (Å²) in [5, 5.41) is 9.79. The summed E-state index contributed by atoms with van der Waals surface area (Å²) in [5.74, 6) is 1.25. The van der Waals surface area contributed by atoms with Crippen LogP contribution in [0.3, 0.4) is 0 Å². The van der Waals surface area contributed by atoms with Gasteiger partial charge in [0.1, 0.15) is 0 Å². The zero-order chi connectivity index (χ0) is 12.4. The Labute approximate surface area is 103 Å². The number of amides is 1. The molecule has 0 aromatic rings. The minimum atomic E-state index is -0.814. The maximum atomic E-state index is 12.4. The molecule has 1 aliphatic rings. The first kappa shape index (κ1) is 13.8. The van der Waals surface area contributed by atoms with Gasteiger partial charge in [0.25, 0.3) is 0 Å². The average Bonchev–Trinajstić information content (AvgIpc) is 2.60. The second kappa shape index (κ2) is 4.96. The summed E-state index contributed by atoms with van der Waals surface area (Å²) in [4.78, 5) is 14.1. The Morgan fingerprint density at radius 3 is 2.56 bits per heavy atom. The Kier molecular flexibility index (Phi) is 4.29. The molecule has 4 heteroatoms. The quantitative estimate of drug-likeness (QED) is 0.822. The van der Waals surface area contributed by atoms with Crippen molar-refractivity contribution in [1.29, 1.82) is 0 Å². The zero-order valence-electron chi connectivity index (χ0n) is 10.7. The van der Waals surface area contributed by atoms with Gasteiger partial charge in [-0.3, -0.25) is 4.79 Å². The lowest BCUT2D eigenvalue weighted by molar-refractivity contribution is -0.136. The van der Waals surface area contributed by atoms with Gasteiger partial charge in [-0.25, -0.2) is 0 Å². The topological polar surface area (TPSA) is 40.5 Å². The van der Waals surface area contributed by atoms with Crippen molar-refractivity contribution in [3.8, 4) is 0 Å². The van der Waals surface area contributed by atoms with Crippen LogP contribution in [0.2, 0.25) is 0 Å². The fourth-order valence-corrected chi connectivity index (χ4v) is 3.36. The van der Waals surface area contributed by atoms with Crippen LogP contribution in [0.5, 0.6) is 0 Å². The van der Waals surface area contributed by atoms with Gasteiger partial charge in [0.2, 0.25) is 5.91 Å². The third kappa shape index (κ3) is 3.39. The summed E-state index contributed by atoms with van der Waals surface area (Å²) in [6.45, 7) is 8.56. The van der Waals surface area contributed by atoms with Crippen molar-refractivity contribution in [1.82, 2.24) is 4.90 Å². The molecule has 1 unspecified atom stereocenters. The highest BCUT2D eigenvalue weighted by Gasteiger charge is 2.40. The van der Waals surface area contributed by atoms with Crippen LogP contribution < -0.4 is 0 Å². The molecule has 1 heterocycles. The smallest absolute Gasteiger partial charge is 0.238 e. The molecule has 1 atom stereocenters. The number of nitrogens with zero attached hydrogens (tertiary/aromatic N) is 1. The molecule has 1 fully saturated rings. The lowest BCUT2D eigenvalue weighted by atomic mass is 10.0. The molecular weight excluding hydrogens is 222 g/mol.